The molecule has 0 aliphatic heterocycles. The van der Waals surface area contributed by atoms with Crippen LogP contribution < -0.4 is 5.73 Å². The van der Waals surface area contributed by atoms with Crippen LogP contribution in [0.2, 0.25) is 5.02 Å². The normalized spacial score (nSPS) is 14.4. The minimum atomic E-state index is -0.509. The van der Waals surface area contributed by atoms with E-state index in [4.69, 9.17) is 17.3 Å². The van der Waals surface area contributed by atoms with Crippen molar-refractivity contribution in [2.75, 3.05) is 0 Å². The van der Waals surface area contributed by atoms with Crippen LogP contribution in [0.1, 0.15) is 25.2 Å². The Hall–Kier alpha value is -1.39. The summed E-state index contributed by atoms with van der Waals surface area (Å²) >= 11 is 6.00. The minimum Gasteiger partial charge on any atom is -0.321 e. The molecule has 2 rings (SSSR count). The Morgan fingerprint density at radius 2 is 2.22 bits per heavy atom. The summed E-state index contributed by atoms with van der Waals surface area (Å²) in [6.45, 7) is 4.81. The highest BCUT2D eigenvalue weighted by molar-refractivity contribution is 6.30. The Morgan fingerprint density at radius 1 is 1.44 bits per heavy atom. The van der Waals surface area contributed by atoms with Gasteiger partial charge in [-0.3, -0.25) is 4.68 Å². The zero-order valence-corrected chi connectivity index (χ0v) is 11.4. The van der Waals surface area contributed by atoms with Gasteiger partial charge in [0.05, 0.1) is 0 Å². The van der Waals surface area contributed by atoms with Gasteiger partial charge in [-0.2, -0.15) is 5.10 Å². The summed E-state index contributed by atoms with van der Waals surface area (Å²) in [7, 11) is 0. The van der Waals surface area contributed by atoms with Gasteiger partial charge in [-0.25, -0.2) is 4.98 Å². The predicted molar refractivity (Wildman–Crippen MR) is 72.4 cm³/mol. The van der Waals surface area contributed by atoms with Crippen LogP contribution >= 0.6 is 11.6 Å². The molecule has 2 aromatic rings. The van der Waals surface area contributed by atoms with Gasteiger partial charge in [0.1, 0.15) is 12.2 Å². The molecule has 0 aliphatic rings. The number of hydrogen-bond acceptors (Lipinski definition) is 3. The molecule has 1 atom stereocenters. The molecule has 5 heteroatoms. The average molecular weight is 265 g/mol. The first-order valence-corrected chi connectivity index (χ1v) is 6.32. The molecule has 0 saturated heterocycles. The largest absolute Gasteiger partial charge is 0.321 e. The Morgan fingerprint density at radius 3 is 2.89 bits per heavy atom. The van der Waals surface area contributed by atoms with Gasteiger partial charge in [-0.05, 0) is 31.5 Å². The number of benzene rings is 1. The van der Waals surface area contributed by atoms with E-state index < -0.39 is 5.54 Å². The molecule has 18 heavy (non-hydrogen) atoms. The van der Waals surface area contributed by atoms with Crippen molar-refractivity contribution in [3.8, 4) is 0 Å². The average Bonchev–Trinajstić information content (AvgIpc) is 2.75. The number of aromatic nitrogens is 3. The van der Waals surface area contributed by atoms with E-state index in [1.54, 1.807) is 6.33 Å². The van der Waals surface area contributed by atoms with Gasteiger partial charge in [0.2, 0.25) is 0 Å². The minimum absolute atomic E-state index is 0.509. The highest BCUT2D eigenvalue weighted by Crippen LogP contribution is 2.24. The lowest BCUT2D eigenvalue weighted by molar-refractivity contribution is 0.457. The standard InChI is InChI=1S/C13H17ClN4/c1-3-18-12(16-9-17-18)8-13(2,15)10-5-4-6-11(14)7-10/h4-7,9H,3,8,15H2,1-2H3. The second-order valence-corrected chi connectivity index (χ2v) is 5.03. The first kappa shape index (κ1) is 13.1. The SMILES string of the molecule is CCn1ncnc1CC(C)(N)c1cccc(Cl)c1. The first-order valence-electron chi connectivity index (χ1n) is 5.94. The summed E-state index contributed by atoms with van der Waals surface area (Å²) < 4.78 is 1.86. The molecule has 1 heterocycles. The van der Waals surface area contributed by atoms with Crippen LogP contribution in [0.15, 0.2) is 30.6 Å². The fourth-order valence-corrected chi connectivity index (χ4v) is 2.15. The van der Waals surface area contributed by atoms with Crippen molar-refractivity contribution >= 4 is 11.6 Å². The van der Waals surface area contributed by atoms with Gasteiger partial charge in [-0.15, -0.1) is 0 Å². The number of nitrogens with zero attached hydrogens (tertiary/aromatic N) is 3. The molecular weight excluding hydrogens is 248 g/mol. The molecule has 1 aromatic heterocycles. The van der Waals surface area contributed by atoms with Crippen LogP contribution in [-0.4, -0.2) is 14.8 Å². The van der Waals surface area contributed by atoms with Crippen molar-refractivity contribution in [2.24, 2.45) is 5.73 Å². The monoisotopic (exact) mass is 264 g/mol. The van der Waals surface area contributed by atoms with Crippen LogP contribution in [0.25, 0.3) is 0 Å². The quantitative estimate of drug-likeness (QED) is 0.922. The molecule has 1 aromatic carbocycles. The third-order valence-corrected chi connectivity index (χ3v) is 3.24. The molecule has 0 spiro atoms. The maximum absolute atomic E-state index is 6.38. The topological polar surface area (TPSA) is 56.7 Å². The first-order chi connectivity index (χ1) is 8.53. The Kier molecular flexibility index (Phi) is 3.68. The van der Waals surface area contributed by atoms with E-state index in [1.807, 2.05) is 42.8 Å². The molecule has 0 amide bonds. The lowest BCUT2D eigenvalue weighted by Gasteiger charge is -2.25. The maximum atomic E-state index is 6.38. The van der Waals surface area contributed by atoms with Crippen molar-refractivity contribution in [1.82, 2.24) is 14.8 Å². The van der Waals surface area contributed by atoms with Crippen LogP contribution in [0.5, 0.6) is 0 Å². The van der Waals surface area contributed by atoms with Crippen LogP contribution in [0.4, 0.5) is 0 Å². The van der Waals surface area contributed by atoms with Crippen LogP contribution in [0.3, 0.4) is 0 Å². The van der Waals surface area contributed by atoms with E-state index in [0.29, 0.717) is 11.4 Å². The zero-order chi connectivity index (χ0) is 13.2. The van der Waals surface area contributed by atoms with Gasteiger partial charge >= 0.3 is 0 Å². The van der Waals surface area contributed by atoms with Gasteiger partial charge in [0.25, 0.3) is 0 Å². The van der Waals surface area contributed by atoms with Crippen molar-refractivity contribution in [3.05, 3.63) is 47.0 Å². The Bertz CT molecular complexity index is 533. The van der Waals surface area contributed by atoms with E-state index in [-0.39, 0.29) is 0 Å². The van der Waals surface area contributed by atoms with Crippen molar-refractivity contribution in [1.29, 1.82) is 0 Å². The second-order valence-electron chi connectivity index (χ2n) is 4.60. The fraction of sp³-hybridized carbons (Fsp3) is 0.385. The molecule has 2 N–H and O–H groups in total. The number of nitrogens with two attached hydrogens (primary N) is 1. The van der Waals surface area contributed by atoms with Crippen LogP contribution in [0, 0.1) is 0 Å². The molecule has 0 bridgehead atoms. The van der Waals surface area contributed by atoms with E-state index in [2.05, 4.69) is 10.1 Å². The summed E-state index contributed by atoms with van der Waals surface area (Å²) in [6, 6.07) is 7.63. The summed E-state index contributed by atoms with van der Waals surface area (Å²) in [5.41, 5.74) is 6.87. The van der Waals surface area contributed by atoms with Crippen molar-refractivity contribution < 1.29 is 0 Å². The van der Waals surface area contributed by atoms with E-state index in [9.17, 15) is 0 Å². The summed E-state index contributed by atoms with van der Waals surface area (Å²) in [6.07, 6.45) is 2.19. The van der Waals surface area contributed by atoms with Crippen LogP contribution in [-0.2, 0) is 18.5 Å². The Labute approximate surface area is 112 Å². The summed E-state index contributed by atoms with van der Waals surface area (Å²) in [4.78, 5) is 4.26. The number of rotatable bonds is 4. The van der Waals surface area contributed by atoms with Crippen molar-refractivity contribution in [3.63, 3.8) is 0 Å². The fourth-order valence-electron chi connectivity index (χ4n) is 1.96. The van der Waals surface area contributed by atoms with Gasteiger partial charge in [0.15, 0.2) is 0 Å². The number of hydrogen-bond donors (Lipinski definition) is 1. The third kappa shape index (κ3) is 2.71. The van der Waals surface area contributed by atoms with Gasteiger partial charge in [0, 0.05) is 23.5 Å². The number of halogens is 1. The lowest BCUT2D eigenvalue weighted by Crippen LogP contribution is -2.36. The maximum Gasteiger partial charge on any atom is 0.138 e. The highest BCUT2D eigenvalue weighted by atomic mass is 35.5. The lowest BCUT2D eigenvalue weighted by atomic mass is 9.89. The molecule has 0 aliphatic carbocycles. The van der Waals surface area contributed by atoms with E-state index in [0.717, 1.165) is 17.9 Å². The van der Waals surface area contributed by atoms with Gasteiger partial charge < -0.3 is 5.73 Å². The van der Waals surface area contributed by atoms with E-state index in [1.165, 1.54) is 0 Å². The molecule has 1 unspecified atom stereocenters. The summed E-state index contributed by atoms with van der Waals surface area (Å²) in [5, 5.41) is 4.85. The van der Waals surface area contributed by atoms with Crippen molar-refractivity contribution in [2.45, 2.75) is 32.4 Å². The highest BCUT2D eigenvalue weighted by Gasteiger charge is 2.24. The van der Waals surface area contributed by atoms with E-state index >= 15 is 0 Å². The Balaban J connectivity index is 2.26. The molecular formula is C13H17ClN4. The molecule has 0 saturated carbocycles. The number of aryl methyl sites for hydroxylation is 1. The molecule has 96 valence electrons. The molecule has 0 fully saturated rings. The summed E-state index contributed by atoms with van der Waals surface area (Å²) in [5.74, 6) is 0.891. The molecule has 4 nitrogen and oxygen atoms in total. The zero-order valence-electron chi connectivity index (χ0n) is 10.6. The molecule has 0 radical (unpaired) electrons. The predicted octanol–water partition coefficient (Wildman–Crippen LogP) is 2.37. The van der Waals surface area contributed by atoms with Gasteiger partial charge in [-0.1, -0.05) is 23.7 Å². The second kappa shape index (κ2) is 5.08. The third-order valence-electron chi connectivity index (χ3n) is 3.00. The smallest absolute Gasteiger partial charge is 0.138 e.